The molecule has 1 aromatic heterocycles. The number of halogens is 1. The summed E-state index contributed by atoms with van der Waals surface area (Å²) in [6.45, 7) is 5.92. The van der Waals surface area contributed by atoms with Crippen LogP contribution in [0.15, 0.2) is 35.1 Å². The number of nitrogens with zero attached hydrogens (tertiary/aromatic N) is 2. The van der Waals surface area contributed by atoms with Crippen LogP contribution in [0.4, 0.5) is 0 Å². The van der Waals surface area contributed by atoms with Gasteiger partial charge in [-0.1, -0.05) is 6.07 Å². The Hall–Kier alpha value is -1.62. The normalized spacial score (nSPS) is 11.4. The minimum atomic E-state index is -0.477. The van der Waals surface area contributed by atoms with Crippen LogP contribution in [0, 0.1) is 6.92 Å². The lowest BCUT2D eigenvalue weighted by atomic mass is 9.97. The standard InChI is InChI=1S/C15H18BrN3O/c1-10-5-6-12(13(16)7-10)14(20)18-15(2,3)11-8-17-19(4)9-11/h5-9H,1-4H3,(H,18,20). The van der Waals surface area contributed by atoms with Crippen LogP contribution in [-0.4, -0.2) is 15.7 Å². The molecule has 2 aromatic rings. The second-order valence-corrected chi connectivity index (χ2v) is 6.32. The van der Waals surface area contributed by atoms with Crippen LogP contribution >= 0.6 is 15.9 Å². The minimum Gasteiger partial charge on any atom is -0.343 e. The average molecular weight is 336 g/mol. The van der Waals surface area contributed by atoms with Crippen molar-refractivity contribution < 1.29 is 4.79 Å². The fraction of sp³-hybridized carbons (Fsp3) is 0.333. The van der Waals surface area contributed by atoms with Crippen molar-refractivity contribution in [1.82, 2.24) is 15.1 Å². The smallest absolute Gasteiger partial charge is 0.253 e. The van der Waals surface area contributed by atoms with Crippen LogP contribution in [0.2, 0.25) is 0 Å². The number of benzene rings is 1. The van der Waals surface area contributed by atoms with Gasteiger partial charge in [-0.25, -0.2) is 0 Å². The molecule has 0 fully saturated rings. The lowest BCUT2D eigenvalue weighted by molar-refractivity contribution is 0.0911. The summed E-state index contributed by atoms with van der Waals surface area (Å²) in [6, 6.07) is 5.69. The zero-order valence-corrected chi connectivity index (χ0v) is 13.7. The van der Waals surface area contributed by atoms with Crippen molar-refractivity contribution in [2.45, 2.75) is 26.3 Å². The van der Waals surface area contributed by atoms with Crippen LogP contribution in [0.3, 0.4) is 0 Å². The number of carbonyl (C=O) groups excluding carboxylic acids is 1. The summed E-state index contributed by atoms with van der Waals surface area (Å²) >= 11 is 3.44. The molecule has 4 nitrogen and oxygen atoms in total. The van der Waals surface area contributed by atoms with Gasteiger partial charge in [-0.2, -0.15) is 5.10 Å². The second-order valence-electron chi connectivity index (χ2n) is 5.47. The van der Waals surface area contributed by atoms with Gasteiger partial charge in [0.2, 0.25) is 0 Å². The number of hydrogen-bond acceptors (Lipinski definition) is 2. The lowest BCUT2D eigenvalue weighted by Crippen LogP contribution is -2.40. The van der Waals surface area contributed by atoms with E-state index >= 15 is 0 Å². The van der Waals surface area contributed by atoms with E-state index in [0.29, 0.717) is 5.56 Å². The first-order chi connectivity index (χ1) is 9.29. The molecule has 106 valence electrons. The van der Waals surface area contributed by atoms with Gasteiger partial charge >= 0.3 is 0 Å². The Morgan fingerprint density at radius 2 is 2.10 bits per heavy atom. The van der Waals surface area contributed by atoms with E-state index in [1.54, 1.807) is 10.9 Å². The fourth-order valence-electron chi connectivity index (χ4n) is 1.97. The molecule has 0 radical (unpaired) electrons. The van der Waals surface area contributed by atoms with Crippen molar-refractivity contribution in [3.8, 4) is 0 Å². The van der Waals surface area contributed by atoms with Gasteiger partial charge in [0.25, 0.3) is 5.91 Å². The van der Waals surface area contributed by atoms with Crippen LogP contribution in [-0.2, 0) is 12.6 Å². The Labute approximate surface area is 127 Å². The Bertz CT molecular complexity index is 646. The minimum absolute atomic E-state index is 0.106. The number of rotatable bonds is 3. The van der Waals surface area contributed by atoms with Crippen molar-refractivity contribution in [3.63, 3.8) is 0 Å². The van der Waals surface area contributed by atoms with Gasteiger partial charge < -0.3 is 5.32 Å². The molecule has 0 bridgehead atoms. The summed E-state index contributed by atoms with van der Waals surface area (Å²) in [5.74, 6) is -0.106. The molecule has 5 heteroatoms. The third-order valence-corrected chi connectivity index (χ3v) is 3.88. The Morgan fingerprint density at radius 1 is 1.40 bits per heavy atom. The monoisotopic (exact) mass is 335 g/mol. The molecular formula is C15H18BrN3O. The summed E-state index contributed by atoms with van der Waals surface area (Å²) in [4.78, 5) is 12.4. The molecule has 0 unspecified atom stereocenters. The lowest BCUT2D eigenvalue weighted by Gasteiger charge is -2.25. The van der Waals surface area contributed by atoms with Crippen LogP contribution in [0.1, 0.15) is 35.3 Å². The summed E-state index contributed by atoms with van der Waals surface area (Å²) in [7, 11) is 1.86. The first-order valence-electron chi connectivity index (χ1n) is 6.37. The fourth-order valence-corrected chi connectivity index (χ4v) is 2.64. The van der Waals surface area contributed by atoms with E-state index in [9.17, 15) is 4.79 Å². The Balaban J connectivity index is 2.22. The predicted octanol–water partition coefficient (Wildman–Crippen LogP) is 3.16. The predicted molar refractivity (Wildman–Crippen MR) is 82.6 cm³/mol. The molecule has 1 amide bonds. The van der Waals surface area contributed by atoms with E-state index in [2.05, 4.69) is 26.3 Å². The number of hydrogen-bond donors (Lipinski definition) is 1. The largest absolute Gasteiger partial charge is 0.343 e. The molecule has 0 saturated heterocycles. The van der Waals surface area contributed by atoms with E-state index in [1.165, 1.54) is 0 Å². The van der Waals surface area contributed by atoms with E-state index < -0.39 is 5.54 Å². The number of aryl methyl sites for hydroxylation is 2. The first-order valence-corrected chi connectivity index (χ1v) is 7.17. The molecule has 0 aliphatic carbocycles. The SMILES string of the molecule is Cc1ccc(C(=O)NC(C)(C)c2cnn(C)c2)c(Br)c1. The third-order valence-electron chi connectivity index (χ3n) is 3.22. The number of amides is 1. The van der Waals surface area contributed by atoms with Crippen LogP contribution in [0.25, 0.3) is 0 Å². The second kappa shape index (κ2) is 5.40. The molecular weight excluding hydrogens is 318 g/mol. The molecule has 1 heterocycles. The Kier molecular flexibility index (Phi) is 3.99. The first kappa shape index (κ1) is 14.8. The van der Waals surface area contributed by atoms with Gasteiger partial charge in [0.05, 0.1) is 17.3 Å². The van der Waals surface area contributed by atoms with E-state index in [0.717, 1.165) is 15.6 Å². The molecule has 0 aliphatic rings. The zero-order valence-electron chi connectivity index (χ0n) is 12.1. The van der Waals surface area contributed by atoms with Gasteiger partial charge in [-0.15, -0.1) is 0 Å². The summed E-state index contributed by atoms with van der Waals surface area (Å²) < 4.78 is 2.53. The number of nitrogens with one attached hydrogen (secondary N) is 1. The van der Waals surface area contributed by atoms with Gasteiger partial charge in [0.1, 0.15) is 0 Å². The van der Waals surface area contributed by atoms with E-state index in [1.807, 2.05) is 52.2 Å². The van der Waals surface area contributed by atoms with Gasteiger partial charge in [0.15, 0.2) is 0 Å². The highest BCUT2D eigenvalue weighted by Crippen LogP contribution is 2.23. The summed E-state index contributed by atoms with van der Waals surface area (Å²) in [5.41, 5.74) is 2.24. The third kappa shape index (κ3) is 3.10. The molecule has 20 heavy (non-hydrogen) atoms. The van der Waals surface area contributed by atoms with Gasteiger partial charge in [-0.05, 0) is 54.4 Å². The van der Waals surface area contributed by atoms with Crippen molar-refractivity contribution in [3.05, 3.63) is 51.8 Å². The highest BCUT2D eigenvalue weighted by atomic mass is 79.9. The maximum absolute atomic E-state index is 12.4. The molecule has 0 spiro atoms. The maximum Gasteiger partial charge on any atom is 0.253 e. The van der Waals surface area contributed by atoms with Crippen LogP contribution in [0.5, 0.6) is 0 Å². The molecule has 0 aliphatic heterocycles. The molecule has 0 atom stereocenters. The molecule has 1 aromatic carbocycles. The van der Waals surface area contributed by atoms with Crippen molar-refractivity contribution in [2.75, 3.05) is 0 Å². The summed E-state index contributed by atoms with van der Waals surface area (Å²) in [5, 5.41) is 7.19. The Morgan fingerprint density at radius 3 is 2.65 bits per heavy atom. The molecule has 2 rings (SSSR count). The topological polar surface area (TPSA) is 46.9 Å². The highest BCUT2D eigenvalue weighted by molar-refractivity contribution is 9.10. The van der Waals surface area contributed by atoms with E-state index in [4.69, 9.17) is 0 Å². The average Bonchev–Trinajstić information content (AvgIpc) is 2.75. The van der Waals surface area contributed by atoms with Gasteiger partial charge in [0, 0.05) is 23.3 Å². The maximum atomic E-state index is 12.4. The molecule has 1 N–H and O–H groups in total. The van der Waals surface area contributed by atoms with Crippen molar-refractivity contribution >= 4 is 21.8 Å². The van der Waals surface area contributed by atoms with Crippen molar-refractivity contribution in [1.29, 1.82) is 0 Å². The number of aromatic nitrogens is 2. The van der Waals surface area contributed by atoms with Gasteiger partial charge in [-0.3, -0.25) is 9.48 Å². The van der Waals surface area contributed by atoms with Crippen molar-refractivity contribution in [2.24, 2.45) is 7.05 Å². The highest BCUT2D eigenvalue weighted by Gasteiger charge is 2.25. The van der Waals surface area contributed by atoms with E-state index in [-0.39, 0.29) is 5.91 Å². The number of carbonyl (C=O) groups is 1. The quantitative estimate of drug-likeness (QED) is 0.936. The van der Waals surface area contributed by atoms with Crippen LogP contribution < -0.4 is 5.32 Å². The summed E-state index contributed by atoms with van der Waals surface area (Å²) in [6.07, 6.45) is 3.68. The molecule has 0 saturated carbocycles. The zero-order chi connectivity index (χ0) is 14.9.